The van der Waals surface area contributed by atoms with Gasteiger partial charge in [0, 0.05) is 11.1 Å². The number of fused-ring (bicyclic) bond motifs is 1. The van der Waals surface area contributed by atoms with Crippen molar-refractivity contribution in [3.05, 3.63) is 28.4 Å². The Balaban J connectivity index is 2.26. The molecule has 1 aromatic carbocycles. The molecule has 1 aromatic heterocycles. The molecule has 3 rings (SSSR count). The zero-order valence-electron chi connectivity index (χ0n) is 11.6. The van der Waals surface area contributed by atoms with E-state index >= 15 is 0 Å². The average molecular weight is 295 g/mol. The van der Waals surface area contributed by atoms with E-state index in [2.05, 4.69) is 9.79 Å². The first-order valence-corrected chi connectivity index (χ1v) is 7.03. The molecule has 0 unspecified atom stereocenters. The van der Waals surface area contributed by atoms with Crippen molar-refractivity contribution in [3.8, 4) is 0 Å². The van der Waals surface area contributed by atoms with E-state index < -0.39 is 0 Å². The summed E-state index contributed by atoms with van der Waals surface area (Å²) in [6.45, 7) is 1.96. The second-order valence-electron chi connectivity index (χ2n) is 5.20. The summed E-state index contributed by atoms with van der Waals surface area (Å²) in [7, 11) is 3.92. The molecule has 1 saturated heterocycles. The normalized spacial score (nSPS) is 15.1. The molecule has 106 valence electrons. The first-order valence-electron chi connectivity index (χ1n) is 6.65. The van der Waals surface area contributed by atoms with Crippen molar-refractivity contribution in [1.82, 2.24) is 14.8 Å². The molecule has 20 heavy (non-hydrogen) atoms. The molecule has 2 aromatic rings. The minimum absolute atomic E-state index is 0.521. The fraction of sp³-hybridized carbons (Fsp3) is 0.462. The Morgan fingerprint density at radius 3 is 2.70 bits per heavy atom. The molecule has 0 atom stereocenters. The Labute approximate surface area is 122 Å². The standard InChI is InChI=1S/C13H17ClN5O/c1-16(2)13(17-7-3-4-8-17)18-12-9-10(14)5-6-11(12)19(20)15-18/h5-6,9H,3-4,7-8H2,1-2H3/q+1. The van der Waals surface area contributed by atoms with Gasteiger partial charge in [-0.05, 0) is 25.0 Å². The van der Waals surface area contributed by atoms with Crippen molar-refractivity contribution in [3.63, 3.8) is 0 Å². The fourth-order valence-corrected chi connectivity index (χ4v) is 2.84. The molecule has 6 nitrogen and oxygen atoms in total. The van der Waals surface area contributed by atoms with Gasteiger partial charge in [-0.3, -0.25) is 9.48 Å². The zero-order chi connectivity index (χ0) is 14.3. The van der Waals surface area contributed by atoms with Crippen LogP contribution in [-0.4, -0.2) is 52.5 Å². The number of aromatic nitrogens is 3. The van der Waals surface area contributed by atoms with Crippen LogP contribution in [0.25, 0.3) is 11.0 Å². The van der Waals surface area contributed by atoms with Crippen LogP contribution in [0.1, 0.15) is 12.8 Å². The van der Waals surface area contributed by atoms with Gasteiger partial charge in [0.1, 0.15) is 0 Å². The van der Waals surface area contributed by atoms with E-state index in [0.29, 0.717) is 15.4 Å². The van der Waals surface area contributed by atoms with Crippen LogP contribution in [0.5, 0.6) is 0 Å². The van der Waals surface area contributed by atoms with Crippen molar-refractivity contribution >= 4 is 28.6 Å². The number of rotatable bonds is 0. The average Bonchev–Trinajstić information content (AvgIpc) is 3.00. The van der Waals surface area contributed by atoms with Crippen molar-refractivity contribution in [2.75, 3.05) is 27.2 Å². The summed E-state index contributed by atoms with van der Waals surface area (Å²) in [5, 5.41) is 16.6. The van der Waals surface area contributed by atoms with E-state index in [1.165, 1.54) is 0 Å². The number of hydrogen-bond acceptors (Lipinski definition) is 2. The largest absolute Gasteiger partial charge is 0.691 e. The van der Waals surface area contributed by atoms with Gasteiger partial charge in [0.2, 0.25) is 0 Å². The molecule has 1 aliphatic rings. The fourth-order valence-electron chi connectivity index (χ4n) is 2.68. The third-order valence-electron chi connectivity index (χ3n) is 3.52. The van der Waals surface area contributed by atoms with E-state index in [1.54, 1.807) is 22.9 Å². The van der Waals surface area contributed by atoms with Crippen LogP contribution >= 0.6 is 11.6 Å². The summed E-state index contributed by atoms with van der Waals surface area (Å²) in [5.74, 6) is 0.907. The third kappa shape index (κ3) is 2.10. The summed E-state index contributed by atoms with van der Waals surface area (Å²) in [5.41, 5.74) is 1.25. The Morgan fingerprint density at radius 1 is 1.35 bits per heavy atom. The van der Waals surface area contributed by atoms with Gasteiger partial charge in [-0.15, -0.1) is 4.85 Å². The summed E-state index contributed by atoms with van der Waals surface area (Å²) in [6.07, 6.45) is 2.32. The van der Waals surface area contributed by atoms with E-state index in [9.17, 15) is 5.21 Å². The molecule has 7 heteroatoms. The number of benzene rings is 1. The minimum atomic E-state index is 0.521. The lowest BCUT2D eigenvalue weighted by Gasteiger charge is -2.12. The molecule has 0 N–H and O–H groups in total. The van der Waals surface area contributed by atoms with Gasteiger partial charge in [0.05, 0.1) is 32.4 Å². The molecule has 0 aliphatic carbocycles. The molecule has 0 spiro atoms. The van der Waals surface area contributed by atoms with Gasteiger partial charge < -0.3 is 5.21 Å². The van der Waals surface area contributed by atoms with Crippen LogP contribution < -0.4 is 4.85 Å². The second-order valence-corrected chi connectivity index (χ2v) is 5.63. The molecule has 1 aliphatic heterocycles. The highest BCUT2D eigenvalue weighted by molar-refractivity contribution is 6.31. The van der Waals surface area contributed by atoms with Gasteiger partial charge in [-0.1, -0.05) is 16.3 Å². The van der Waals surface area contributed by atoms with Crippen LogP contribution in [0.3, 0.4) is 0 Å². The zero-order valence-corrected chi connectivity index (χ0v) is 12.3. The molecule has 0 radical (unpaired) electrons. The summed E-state index contributed by atoms with van der Waals surface area (Å²) >= 11 is 6.05. The lowest BCUT2D eigenvalue weighted by molar-refractivity contribution is -0.646. The van der Waals surface area contributed by atoms with Crippen molar-refractivity contribution in [2.24, 2.45) is 0 Å². The maximum atomic E-state index is 11.9. The van der Waals surface area contributed by atoms with Crippen molar-refractivity contribution in [1.29, 1.82) is 0 Å². The first-order chi connectivity index (χ1) is 9.58. The van der Waals surface area contributed by atoms with Crippen molar-refractivity contribution in [2.45, 2.75) is 12.8 Å². The van der Waals surface area contributed by atoms with Crippen LogP contribution in [0.4, 0.5) is 0 Å². The highest BCUT2D eigenvalue weighted by Gasteiger charge is 2.27. The van der Waals surface area contributed by atoms with Gasteiger partial charge in [-0.25, -0.2) is 0 Å². The predicted octanol–water partition coefficient (Wildman–Crippen LogP) is 0.895. The highest BCUT2D eigenvalue weighted by atomic mass is 35.5. The Hall–Kier alpha value is -1.82. The maximum Gasteiger partial charge on any atom is 0.382 e. The predicted molar refractivity (Wildman–Crippen MR) is 77.0 cm³/mol. The van der Waals surface area contributed by atoms with E-state index in [-0.39, 0.29) is 0 Å². The van der Waals surface area contributed by atoms with Crippen LogP contribution in [0, 0.1) is 5.21 Å². The van der Waals surface area contributed by atoms with Crippen LogP contribution in [0.15, 0.2) is 18.2 Å². The Bertz CT molecular complexity index is 683. The quantitative estimate of drug-likeness (QED) is 0.412. The van der Waals surface area contributed by atoms with Gasteiger partial charge in [0.25, 0.3) is 0 Å². The van der Waals surface area contributed by atoms with E-state index in [4.69, 9.17) is 11.6 Å². The lowest BCUT2D eigenvalue weighted by Crippen LogP contribution is -2.40. The van der Waals surface area contributed by atoms with Gasteiger partial charge >= 0.3 is 5.96 Å². The smallest absolute Gasteiger partial charge is 0.382 e. The molecule has 0 amide bonds. The molecule has 0 bridgehead atoms. The third-order valence-corrected chi connectivity index (χ3v) is 3.76. The second kappa shape index (κ2) is 4.94. The molecular weight excluding hydrogens is 278 g/mol. The topological polar surface area (TPSA) is 51.0 Å². The Morgan fingerprint density at radius 2 is 2.05 bits per heavy atom. The van der Waals surface area contributed by atoms with Crippen molar-refractivity contribution < 1.29 is 9.42 Å². The van der Waals surface area contributed by atoms with Crippen LogP contribution in [-0.2, 0) is 0 Å². The highest BCUT2D eigenvalue weighted by Crippen LogP contribution is 2.17. The molecular formula is C13H17ClN5O+. The van der Waals surface area contributed by atoms with Gasteiger partial charge in [-0.2, -0.15) is 0 Å². The van der Waals surface area contributed by atoms with E-state index in [1.807, 2.05) is 19.0 Å². The number of halogens is 1. The first kappa shape index (κ1) is 13.2. The SMILES string of the molecule is CN(C)C(n1n[n+]([O-])c2ccc(Cl)cc21)=[N+]1CCCC1. The van der Waals surface area contributed by atoms with Crippen LogP contribution in [0.2, 0.25) is 5.02 Å². The molecule has 1 fully saturated rings. The van der Waals surface area contributed by atoms with Gasteiger partial charge in [0.15, 0.2) is 11.0 Å². The number of hydrogen-bond donors (Lipinski definition) is 0. The summed E-state index contributed by atoms with van der Waals surface area (Å²) < 4.78 is 3.92. The number of nitrogens with zero attached hydrogens (tertiary/aromatic N) is 5. The molecule has 0 saturated carbocycles. The Kier molecular flexibility index (Phi) is 3.25. The maximum absolute atomic E-state index is 11.9. The summed E-state index contributed by atoms with van der Waals surface area (Å²) in [6, 6.07) is 5.18. The molecule has 2 heterocycles. The monoisotopic (exact) mass is 294 g/mol. The minimum Gasteiger partial charge on any atom is -0.691 e. The lowest BCUT2D eigenvalue weighted by atomic mass is 10.3. The summed E-state index contributed by atoms with van der Waals surface area (Å²) in [4.78, 5) is 2.63. The van der Waals surface area contributed by atoms with E-state index in [0.717, 1.165) is 37.4 Å².